The molecule has 6 heteroatoms. The number of urea groups is 1. The molecule has 0 bridgehead atoms. The molecular weight excluding hydrogens is 162 g/mol. The van der Waals surface area contributed by atoms with E-state index < -0.39 is 23.9 Å². The van der Waals surface area contributed by atoms with Gasteiger partial charge in [0.1, 0.15) is 0 Å². The van der Waals surface area contributed by atoms with E-state index in [9.17, 15) is 14.4 Å². The monoisotopic (exact) mass is 171 g/mol. The fourth-order valence-electron chi connectivity index (χ4n) is 0.922. The number of imide groups is 2. The van der Waals surface area contributed by atoms with E-state index in [4.69, 9.17) is 0 Å². The summed E-state index contributed by atoms with van der Waals surface area (Å²) in [5, 5.41) is 4.52. The summed E-state index contributed by atoms with van der Waals surface area (Å²) in [6, 6.07) is -1.64. The molecule has 2 N–H and O–H groups in total. The van der Waals surface area contributed by atoms with Crippen molar-refractivity contribution in [2.24, 2.45) is 0 Å². The number of rotatable bonds is 1. The van der Waals surface area contributed by atoms with Gasteiger partial charge in [-0.05, 0) is 7.05 Å². The molecule has 1 aliphatic heterocycles. The molecule has 0 spiro atoms. The van der Waals surface area contributed by atoms with Gasteiger partial charge in [0.15, 0.2) is 6.04 Å². The Hall–Kier alpha value is -1.43. The molecule has 1 heterocycles. The lowest BCUT2D eigenvalue weighted by molar-refractivity contribution is -0.138. The van der Waals surface area contributed by atoms with Crippen molar-refractivity contribution in [1.82, 2.24) is 15.5 Å². The predicted octanol–water partition coefficient (Wildman–Crippen LogP) is -1.72. The van der Waals surface area contributed by atoms with Gasteiger partial charge in [0.2, 0.25) is 0 Å². The summed E-state index contributed by atoms with van der Waals surface area (Å²) in [4.78, 5) is 33.8. The molecule has 1 aliphatic rings. The first-order valence-electron chi connectivity index (χ1n) is 3.37. The van der Waals surface area contributed by atoms with Crippen LogP contribution in [0.4, 0.5) is 4.79 Å². The Morgan fingerprint density at radius 1 is 1.42 bits per heavy atom. The van der Waals surface area contributed by atoms with Crippen molar-refractivity contribution in [2.45, 2.75) is 6.04 Å². The number of carbonyl (C=O) groups is 3. The molecule has 1 unspecified atom stereocenters. The van der Waals surface area contributed by atoms with E-state index in [-0.39, 0.29) is 0 Å². The fourth-order valence-corrected chi connectivity index (χ4v) is 0.922. The summed E-state index contributed by atoms with van der Waals surface area (Å²) in [6.45, 7) is 0. The maximum absolute atomic E-state index is 11.2. The van der Waals surface area contributed by atoms with Gasteiger partial charge in [-0.1, -0.05) is 0 Å². The first-order chi connectivity index (χ1) is 5.57. The van der Waals surface area contributed by atoms with Crippen molar-refractivity contribution in [3.8, 4) is 0 Å². The number of carbonyl (C=O) groups excluding carboxylic acids is 3. The zero-order chi connectivity index (χ0) is 9.30. The van der Waals surface area contributed by atoms with Crippen LogP contribution in [0.25, 0.3) is 0 Å². The second kappa shape index (κ2) is 2.90. The average Bonchev–Trinajstić information content (AvgIpc) is 2.01. The van der Waals surface area contributed by atoms with Gasteiger partial charge < -0.3 is 5.32 Å². The molecule has 4 amide bonds. The van der Waals surface area contributed by atoms with Crippen LogP contribution in [0.2, 0.25) is 0 Å². The van der Waals surface area contributed by atoms with Crippen molar-refractivity contribution in [2.75, 3.05) is 14.1 Å². The molecular formula is C6H9N3O3. The van der Waals surface area contributed by atoms with Crippen LogP contribution in [0.3, 0.4) is 0 Å². The van der Waals surface area contributed by atoms with E-state index in [1.54, 1.807) is 0 Å². The molecule has 0 aromatic rings. The maximum Gasteiger partial charge on any atom is 0.330 e. The average molecular weight is 171 g/mol. The van der Waals surface area contributed by atoms with Crippen molar-refractivity contribution < 1.29 is 14.4 Å². The van der Waals surface area contributed by atoms with Gasteiger partial charge in [-0.25, -0.2) is 4.79 Å². The fraction of sp³-hybridized carbons (Fsp3) is 0.500. The highest BCUT2D eigenvalue weighted by molar-refractivity contribution is 6.18. The molecule has 66 valence electrons. The smallest absolute Gasteiger partial charge is 0.301 e. The number of barbiturate groups is 1. The lowest BCUT2D eigenvalue weighted by Crippen LogP contribution is -2.63. The zero-order valence-corrected chi connectivity index (χ0v) is 6.75. The maximum atomic E-state index is 11.2. The topological polar surface area (TPSA) is 78.5 Å². The van der Waals surface area contributed by atoms with Crippen LogP contribution in [-0.2, 0) is 9.59 Å². The molecule has 12 heavy (non-hydrogen) atoms. The van der Waals surface area contributed by atoms with E-state index in [0.29, 0.717) is 0 Å². The third kappa shape index (κ3) is 1.16. The Morgan fingerprint density at radius 3 is 2.50 bits per heavy atom. The zero-order valence-electron chi connectivity index (χ0n) is 6.75. The Labute approximate surface area is 68.9 Å². The molecule has 1 saturated heterocycles. The van der Waals surface area contributed by atoms with Crippen molar-refractivity contribution in [3.05, 3.63) is 0 Å². The Morgan fingerprint density at radius 2 is 2.00 bits per heavy atom. The van der Waals surface area contributed by atoms with Gasteiger partial charge in [0, 0.05) is 7.05 Å². The van der Waals surface area contributed by atoms with E-state index >= 15 is 0 Å². The highest BCUT2D eigenvalue weighted by Gasteiger charge is 2.37. The van der Waals surface area contributed by atoms with Crippen LogP contribution in [-0.4, -0.2) is 42.9 Å². The van der Waals surface area contributed by atoms with E-state index in [1.807, 2.05) is 5.32 Å². The number of nitrogens with zero attached hydrogens (tertiary/aromatic N) is 1. The quantitative estimate of drug-likeness (QED) is 0.460. The molecule has 1 rings (SSSR count). The van der Waals surface area contributed by atoms with Crippen LogP contribution in [0, 0.1) is 0 Å². The predicted molar refractivity (Wildman–Crippen MR) is 39.2 cm³/mol. The van der Waals surface area contributed by atoms with Gasteiger partial charge in [0.05, 0.1) is 0 Å². The largest absolute Gasteiger partial charge is 0.330 e. The highest BCUT2D eigenvalue weighted by atomic mass is 16.2. The van der Waals surface area contributed by atoms with E-state index in [1.165, 1.54) is 14.1 Å². The minimum Gasteiger partial charge on any atom is -0.301 e. The lowest BCUT2D eigenvalue weighted by atomic mass is 10.2. The number of nitrogens with one attached hydrogen (secondary N) is 2. The second-order valence-corrected chi connectivity index (χ2v) is 2.41. The SMILES string of the molecule is CNC1C(=O)NC(=O)N(C)C1=O. The minimum atomic E-state index is -0.951. The van der Waals surface area contributed by atoms with Gasteiger partial charge in [-0.15, -0.1) is 0 Å². The Bertz CT molecular complexity index is 250. The molecule has 1 atom stereocenters. The molecule has 0 saturated carbocycles. The van der Waals surface area contributed by atoms with E-state index in [2.05, 4.69) is 5.32 Å². The first-order valence-corrected chi connectivity index (χ1v) is 3.37. The van der Waals surface area contributed by atoms with Crippen LogP contribution in [0.1, 0.15) is 0 Å². The molecule has 0 radical (unpaired) electrons. The van der Waals surface area contributed by atoms with Crippen molar-refractivity contribution in [1.29, 1.82) is 0 Å². The highest BCUT2D eigenvalue weighted by Crippen LogP contribution is 1.99. The third-order valence-corrected chi connectivity index (χ3v) is 1.66. The number of amides is 4. The molecule has 0 aliphatic carbocycles. The normalized spacial score (nSPS) is 24.3. The Balaban J connectivity index is 2.86. The molecule has 0 aromatic carbocycles. The number of hydrogen-bond donors (Lipinski definition) is 2. The van der Waals surface area contributed by atoms with Gasteiger partial charge in [-0.3, -0.25) is 19.8 Å². The summed E-state index contributed by atoms with van der Waals surface area (Å²) in [5.74, 6) is -1.14. The van der Waals surface area contributed by atoms with Crippen LogP contribution in [0.15, 0.2) is 0 Å². The molecule has 6 nitrogen and oxygen atoms in total. The van der Waals surface area contributed by atoms with Crippen LogP contribution < -0.4 is 10.6 Å². The van der Waals surface area contributed by atoms with Crippen molar-refractivity contribution in [3.63, 3.8) is 0 Å². The molecule has 0 aromatic heterocycles. The minimum absolute atomic E-state index is 0.536. The second-order valence-electron chi connectivity index (χ2n) is 2.41. The van der Waals surface area contributed by atoms with Gasteiger partial charge >= 0.3 is 6.03 Å². The Kier molecular flexibility index (Phi) is 2.09. The van der Waals surface area contributed by atoms with Gasteiger partial charge in [-0.2, -0.15) is 0 Å². The summed E-state index contributed by atoms with van der Waals surface area (Å²) < 4.78 is 0. The lowest BCUT2D eigenvalue weighted by Gasteiger charge is -2.26. The third-order valence-electron chi connectivity index (χ3n) is 1.66. The summed E-state index contributed by atoms with van der Waals surface area (Å²) in [7, 11) is 2.79. The number of likely N-dealkylation sites (N-methyl/N-ethyl adjacent to an activating group) is 2. The summed E-state index contributed by atoms with van der Waals surface area (Å²) in [5.41, 5.74) is 0. The first kappa shape index (κ1) is 8.66. The van der Waals surface area contributed by atoms with Crippen molar-refractivity contribution >= 4 is 17.8 Å². The summed E-state index contributed by atoms with van der Waals surface area (Å²) >= 11 is 0. The van der Waals surface area contributed by atoms with Crippen LogP contribution in [0.5, 0.6) is 0 Å². The van der Waals surface area contributed by atoms with Crippen LogP contribution >= 0.6 is 0 Å². The molecule has 1 fully saturated rings. The number of hydrogen-bond acceptors (Lipinski definition) is 4. The van der Waals surface area contributed by atoms with Gasteiger partial charge in [0.25, 0.3) is 11.8 Å². The van der Waals surface area contributed by atoms with E-state index in [0.717, 1.165) is 4.90 Å². The standard InChI is InChI=1S/C6H9N3O3/c1-7-3-4(10)8-6(12)9(2)5(3)11/h3,7H,1-2H3,(H,8,10,12). The summed E-state index contributed by atoms with van der Waals surface area (Å²) in [6.07, 6.45) is 0.